The molecule has 0 spiro atoms. The minimum atomic E-state index is -0.972. The van der Waals surface area contributed by atoms with Crippen LogP contribution in [0.3, 0.4) is 0 Å². The van der Waals surface area contributed by atoms with Gasteiger partial charge in [0.15, 0.2) is 0 Å². The van der Waals surface area contributed by atoms with Crippen LogP contribution in [0.4, 0.5) is 0 Å². The molecule has 0 fully saturated rings. The second-order valence-electron chi connectivity index (χ2n) is 0.0714. The van der Waals surface area contributed by atoms with E-state index in [1.54, 1.807) is 0 Å². The molecule has 0 saturated carbocycles. The van der Waals surface area contributed by atoms with Crippen LogP contribution in [0.2, 0.25) is 0 Å². The predicted molar refractivity (Wildman–Crippen MR) is 29.6 cm³/mol. The Morgan fingerprint density at radius 1 is 1.20 bits per heavy atom. The van der Waals surface area contributed by atoms with Gasteiger partial charge in [-0.05, 0) is 0 Å². The summed E-state index contributed by atoms with van der Waals surface area (Å²) in [6.45, 7) is 0. The van der Waals surface area contributed by atoms with Gasteiger partial charge in [0.2, 0.25) is 0 Å². The average Bonchev–Trinajstić information content (AvgIpc) is 0.918. The smallest absolute Gasteiger partial charge is 0.316 e. The fraction of sp³-hybridized carbons (Fsp3) is 0. The van der Waals surface area contributed by atoms with Crippen LogP contribution in [0.25, 0.3) is 0 Å². The van der Waals surface area contributed by atoms with Crippen LogP contribution in [0.1, 0.15) is 0 Å². The largest absolute Gasteiger partial charge is 0.316 e. The van der Waals surface area contributed by atoms with Gasteiger partial charge in [0.1, 0.15) is 0 Å². The van der Waals surface area contributed by atoms with Crippen molar-refractivity contribution >= 4 is 61.5 Å². The molecule has 0 aliphatic carbocycles. The van der Waals surface area contributed by atoms with Crippen LogP contribution in [0, 0.1) is 0 Å². The van der Waals surface area contributed by atoms with E-state index >= 15 is 0 Å². The third-order valence-corrected chi connectivity index (χ3v) is 0. The minimum Gasteiger partial charge on any atom is 0.316 e. The van der Waals surface area contributed by atoms with Crippen molar-refractivity contribution in [1.82, 2.24) is 0 Å². The Balaban J connectivity index is -0.0000000200. The molecule has 0 saturated heterocycles. The van der Waals surface area contributed by atoms with E-state index in [2.05, 4.69) is 0 Å². The summed E-state index contributed by atoms with van der Waals surface area (Å²) in [5.41, 5.74) is 0. The van der Waals surface area contributed by atoms with E-state index in [0.29, 0.717) is 0 Å². The predicted octanol–water partition coefficient (Wildman–Crippen LogP) is -0.743. The summed E-state index contributed by atoms with van der Waals surface area (Å²) >= 11 is -0.972. The van der Waals surface area contributed by atoms with E-state index in [4.69, 9.17) is 16.6 Å². The van der Waals surface area contributed by atoms with Crippen molar-refractivity contribution in [3.05, 3.63) is 0 Å². The average molecular weight is 322 g/mol. The molecule has 0 heterocycles. The van der Waals surface area contributed by atoms with E-state index in [0.717, 1.165) is 0 Å². The zero-order chi connectivity index (χ0) is 2.71. The molecule has 30 valence electrons. The van der Waals surface area contributed by atoms with Crippen LogP contribution in [-0.4, -0.2) is 50.3 Å². The molecule has 0 aliphatic heterocycles. The molecule has 0 atom stereocenters. The molecule has 0 aromatic carbocycles. The second-order valence-corrected chi connectivity index (χ2v) is 5.64. The molecule has 5 heteroatoms. The third-order valence-electron chi connectivity index (χ3n) is 0. The van der Waals surface area contributed by atoms with Crippen molar-refractivity contribution in [2.45, 2.75) is 0 Å². The molecule has 0 aromatic rings. The first-order chi connectivity index (χ1) is 1.41. The van der Waals surface area contributed by atoms with Gasteiger partial charge in [-0.25, -0.2) is 0 Å². The molecule has 5 heavy (non-hydrogen) atoms. The van der Waals surface area contributed by atoms with Crippen molar-refractivity contribution in [3.63, 3.8) is 0 Å². The van der Waals surface area contributed by atoms with Gasteiger partial charge in [0.05, 0.1) is 0 Å². The SMILES string of the molecule is O.[Cl][Pb][Cl].[MgH2]. The van der Waals surface area contributed by atoms with Crippen molar-refractivity contribution in [2.75, 3.05) is 0 Å². The molecule has 0 amide bonds. The number of hydrogen-bond donors (Lipinski definition) is 0. The molecule has 2 N–H and O–H groups in total. The summed E-state index contributed by atoms with van der Waals surface area (Å²) in [7, 11) is 9.92. The first-order valence-corrected chi connectivity index (χ1v) is 9.95. The standard InChI is InChI=1S/2ClH.Mg.H2O.Pb.2H/h2*1H;;1H2;;;/q;;;;+2;;/p-2. The first kappa shape index (κ1) is 15.7. The van der Waals surface area contributed by atoms with E-state index in [-0.39, 0.29) is 28.5 Å². The van der Waals surface area contributed by atoms with E-state index < -0.39 is 21.8 Å². The summed E-state index contributed by atoms with van der Waals surface area (Å²) < 4.78 is 0. The zero-order valence-corrected chi connectivity index (χ0v) is 7.16. The van der Waals surface area contributed by atoms with Gasteiger partial charge in [-0.1, -0.05) is 0 Å². The van der Waals surface area contributed by atoms with Crippen molar-refractivity contribution in [1.29, 1.82) is 0 Å². The normalized spacial score (nSPS) is 3.60. The maximum Gasteiger partial charge on any atom is 0.316 e. The summed E-state index contributed by atoms with van der Waals surface area (Å²) in [5.74, 6) is 0. The molecule has 0 rings (SSSR count). The van der Waals surface area contributed by atoms with Gasteiger partial charge < -0.3 is 5.48 Å². The Kier molecular flexibility index (Phi) is 51.2. The Morgan fingerprint density at radius 3 is 1.20 bits per heavy atom. The Labute approximate surface area is 66.0 Å². The quantitative estimate of drug-likeness (QED) is 0.526. The van der Waals surface area contributed by atoms with Crippen molar-refractivity contribution in [2.24, 2.45) is 0 Å². The molecule has 0 aromatic heterocycles. The van der Waals surface area contributed by atoms with Crippen LogP contribution < -0.4 is 0 Å². The van der Waals surface area contributed by atoms with Crippen molar-refractivity contribution in [3.8, 4) is 0 Å². The molecule has 2 radical (unpaired) electrons. The first-order valence-electron chi connectivity index (χ1n) is 0.378. The van der Waals surface area contributed by atoms with Crippen molar-refractivity contribution < 1.29 is 5.48 Å². The minimum absolute atomic E-state index is 0. The van der Waals surface area contributed by atoms with E-state index in [1.165, 1.54) is 0 Å². The third kappa shape index (κ3) is 22.4. The molecule has 1 nitrogen and oxygen atoms in total. The topological polar surface area (TPSA) is 31.5 Å². The molecular weight excluding hydrogens is 318 g/mol. The van der Waals surface area contributed by atoms with Gasteiger partial charge in [-0.2, -0.15) is 0 Å². The fourth-order valence-electron chi connectivity index (χ4n) is 0. The Hall–Kier alpha value is 2.23. The van der Waals surface area contributed by atoms with E-state index in [1.807, 2.05) is 0 Å². The molecule has 0 bridgehead atoms. The number of hydrogen-bond acceptors (Lipinski definition) is 0. The van der Waals surface area contributed by atoms with E-state index in [9.17, 15) is 0 Å². The zero-order valence-electron chi connectivity index (χ0n) is 1.76. The maximum atomic E-state index is 4.96. The van der Waals surface area contributed by atoms with Gasteiger partial charge in [0, 0.05) is 0 Å². The van der Waals surface area contributed by atoms with Crippen LogP contribution in [0.5, 0.6) is 0 Å². The van der Waals surface area contributed by atoms with Crippen LogP contribution in [0.15, 0.2) is 0 Å². The molecular formula is H4Cl2MgOPb. The summed E-state index contributed by atoms with van der Waals surface area (Å²) in [6, 6.07) is 0. The Morgan fingerprint density at radius 2 is 1.20 bits per heavy atom. The monoisotopic (exact) mass is 322 g/mol. The summed E-state index contributed by atoms with van der Waals surface area (Å²) in [4.78, 5) is 0. The summed E-state index contributed by atoms with van der Waals surface area (Å²) in [6.07, 6.45) is 0. The summed E-state index contributed by atoms with van der Waals surface area (Å²) in [5, 5.41) is 0. The maximum absolute atomic E-state index is 4.96. The fourth-order valence-corrected chi connectivity index (χ4v) is 0. The van der Waals surface area contributed by atoms with Crippen LogP contribution >= 0.6 is 16.6 Å². The van der Waals surface area contributed by atoms with Gasteiger partial charge in [-0.3, -0.25) is 0 Å². The van der Waals surface area contributed by atoms with Crippen LogP contribution in [-0.2, 0) is 0 Å². The van der Waals surface area contributed by atoms with Gasteiger partial charge >= 0.3 is 61.5 Å². The molecule has 0 unspecified atom stereocenters. The van der Waals surface area contributed by atoms with Gasteiger partial charge in [0.25, 0.3) is 0 Å². The number of halogens is 2. The molecule has 0 aliphatic rings. The van der Waals surface area contributed by atoms with Gasteiger partial charge in [-0.15, -0.1) is 0 Å². The second kappa shape index (κ2) is 16.3. The number of rotatable bonds is 0. The Bertz CT molecular complexity index is 9.61.